The highest BCUT2D eigenvalue weighted by Crippen LogP contribution is 2.36. The van der Waals surface area contributed by atoms with Crippen LogP contribution in [0.5, 0.6) is 0 Å². The number of rotatable bonds is 4. The summed E-state index contributed by atoms with van der Waals surface area (Å²) in [5, 5.41) is 15.0. The number of aromatic nitrogens is 1. The number of amides is 1. The molecule has 0 unspecified atom stereocenters. The Morgan fingerprint density at radius 2 is 2.19 bits per heavy atom. The Morgan fingerprint density at radius 3 is 2.81 bits per heavy atom. The van der Waals surface area contributed by atoms with Gasteiger partial charge in [0.05, 0.1) is 0 Å². The first-order valence-corrected chi connectivity index (χ1v) is 7.26. The van der Waals surface area contributed by atoms with Crippen molar-refractivity contribution in [2.75, 3.05) is 0 Å². The van der Waals surface area contributed by atoms with Crippen LogP contribution in [0, 0.1) is 12.3 Å². The van der Waals surface area contributed by atoms with Crippen molar-refractivity contribution < 1.29 is 10.0 Å². The van der Waals surface area contributed by atoms with Gasteiger partial charge < -0.3 is 16.3 Å². The first kappa shape index (κ1) is 15.3. The van der Waals surface area contributed by atoms with Crippen molar-refractivity contribution in [3.8, 4) is 0 Å². The van der Waals surface area contributed by atoms with Crippen LogP contribution in [-0.2, 0) is 11.3 Å². The zero-order valence-electron chi connectivity index (χ0n) is 12.3. The molecule has 2 rings (SSSR count). The first-order valence-electron chi connectivity index (χ1n) is 7.26. The van der Waals surface area contributed by atoms with Gasteiger partial charge in [-0.15, -0.1) is 0 Å². The Hall–Kier alpha value is -2.11. The number of carbonyl (C=O) groups is 1. The van der Waals surface area contributed by atoms with Crippen LogP contribution in [0.4, 0.5) is 0 Å². The number of pyridine rings is 1. The maximum atomic E-state index is 12.6. The predicted molar refractivity (Wildman–Crippen MR) is 79.7 cm³/mol. The molecule has 1 aromatic heterocycles. The molecule has 0 spiro atoms. The van der Waals surface area contributed by atoms with Gasteiger partial charge in [0.25, 0.3) is 0 Å². The second kappa shape index (κ2) is 6.56. The lowest BCUT2D eigenvalue weighted by Crippen LogP contribution is -2.50. The van der Waals surface area contributed by atoms with Crippen LogP contribution in [0.1, 0.15) is 43.2 Å². The van der Waals surface area contributed by atoms with Crippen LogP contribution in [0.3, 0.4) is 0 Å². The summed E-state index contributed by atoms with van der Waals surface area (Å²) in [5.74, 6) is -0.150. The summed E-state index contributed by atoms with van der Waals surface area (Å²) >= 11 is 0. The van der Waals surface area contributed by atoms with Crippen LogP contribution in [0.2, 0.25) is 0 Å². The van der Waals surface area contributed by atoms with Crippen molar-refractivity contribution in [1.29, 1.82) is 0 Å². The third-order valence-electron chi connectivity index (χ3n) is 4.33. The minimum atomic E-state index is -0.872. The monoisotopic (exact) mass is 290 g/mol. The Kier molecular flexibility index (Phi) is 4.77. The van der Waals surface area contributed by atoms with Crippen molar-refractivity contribution in [3.63, 3.8) is 0 Å². The van der Waals surface area contributed by atoms with E-state index in [0.29, 0.717) is 19.4 Å². The molecule has 0 aliphatic heterocycles. The molecule has 1 amide bonds. The van der Waals surface area contributed by atoms with Gasteiger partial charge >= 0.3 is 0 Å². The lowest BCUT2D eigenvalue weighted by atomic mass is 9.72. The molecule has 6 nitrogen and oxygen atoms in total. The van der Waals surface area contributed by atoms with Crippen LogP contribution >= 0.6 is 0 Å². The van der Waals surface area contributed by atoms with Crippen molar-refractivity contribution in [2.24, 2.45) is 16.3 Å². The molecule has 0 saturated heterocycles. The van der Waals surface area contributed by atoms with Crippen LogP contribution < -0.4 is 11.1 Å². The molecule has 1 aromatic rings. The number of nitrogens with zero attached hydrogens (tertiary/aromatic N) is 2. The van der Waals surface area contributed by atoms with E-state index in [1.165, 1.54) is 0 Å². The number of hydrogen-bond acceptors (Lipinski definition) is 4. The highest BCUT2D eigenvalue weighted by atomic mass is 16.4. The molecule has 1 fully saturated rings. The molecule has 1 saturated carbocycles. The number of nitrogens with two attached hydrogens (primary N) is 1. The van der Waals surface area contributed by atoms with Gasteiger partial charge in [0, 0.05) is 18.9 Å². The third-order valence-corrected chi connectivity index (χ3v) is 4.33. The van der Waals surface area contributed by atoms with Gasteiger partial charge in [-0.05, 0) is 37.0 Å². The summed E-state index contributed by atoms with van der Waals surface area (Å²) in [6.07, 6.45) is 7.62. The second-order valence-electron chi connectivity index (χ2n) is 5.61. The average molecular weight is 290 g/mol. The molecule has 6 heteroatoms. The quantitative estimate of drug-likeness (QED) is 0.340. The fraction of sp³-hybridized carbons (Fsp3) is 0.533. The minimum Gasteiger partial charge on any atom is -0.409 e. The zero-order chi connectivity index (χ0) is 15.3. The van der Waals surface area contributed by atoms with Crippen LogP contribution in [-0.4, -0.2) is 21.9 Å². The lowest BCUT2D eigenvalue weighted by molar-refractivity contribution is -0.129. The molecule has 0 radical (unpaired) electrons. The van der Waals surface area contributed by atoms with Gasteiger partial charge in [-0.3, -0.25) is 9.78 Å². The van der Waals surface area contributed by atoms with E-state index in [1.54, 1.807) is 12.4 Å². The first-order chi connectivity index (χ1) is 10.1. The van der Waals surface area contributed by atoms with Gasteiger partial charge in [0.1, 0.15) is 5.41 Å². The third kappa shape index (κ3) is 3.15. The van der Waals surface area contributed by atoms with E-state index in [1.807, 2.05) is 13.0 Å². The molecule has 1 aliphatic rings. The van der Waals surface area contributed by atoms with Gasteiger partial charge in [-0.1, -0.05) is 24.4 Å². The van der Waals surface area contributed by atoms with Crippen molar-refractivity contribution in [2.45, 2.75) is 45.6 Å². The molecular formula is C15H22N4O2. The summed E-state index contributed by atoms with van der Waals surface area (Å²) in [7, 11) is 0. The molecule has 0 bridgehead atoms. The standard InChI is InChI=1S/C15H22N4O2/c1-11-5-8-17-9-12(11)10-18-14(20)15(13(16)19-21)6-3-2-4-7-15/h5,8-9,21H,2-4,6-7,10H2,1H3,(H2,16,19)(H,18,20). The Labute approximate surface area is 124 Å². The molecule has 4 N–H and O–H groups in total. The van der Waals surface area contributed by atoms with E-state index >= 15 is 0 Å². The van der Waals surface area contributed by atoms with Gasteiger partial charge in [-0.25, -0.2) is 0 Å². The highest BCUT2D eigenvalue weighted by Gasteiger charge is 2.43. The smallest absolute Gasteiger partial charge is 0.234 e. The zero-order valence-corrected chi connectivity index (χ0v) is 12.3. The minimum absolute atomic E-state index is 0.0163. The number of nitrogens with one attached hydrogen (secondary N) is 1. The molecule has 1 aliphatic carbocycles. The summed E-state index contributed by atoms with van der Waals surface area (Å²) in [6.45, 7) is 2.38. The van der Waals surface area contributed by atoms with Crippen LogP contribution in [0.25, 0.3) is 0 Å². The van der Waals surface area contributed by atoms with E-state index in [0.717, 1.165) is 30.4 Å². The number of aryl methyl sites for hydroxylation is 1. The van der Waals surface area contributed by atoms with Crippen LogP contribution in [0.15, 0.2) is 23.6 Å². The van der Waals surface area contributed by atoms with Gasteiger partial charge in [-0.2, -0.15) is 0 Å². The number of carbonyl (C=O) groups excluding carboxylic acids is 1. The second-order valence-corrected chi connectivity index (χ2v) is 5.61. The molecule has 0 atom stereocenters. The Morgan fingerprint density at radius 1 is 1.48 bits per heavy atom. The molecular weight excluding hydrogens is 268 g/mol. The highest BCUT2D eigenvalue weighted by molar-refractivity contribution is 6.06. The van der Waals surface area contributed by atoms with Crippen molar-refractivity contribution in [1.82, 2.24) is 10.3 Å². The van der Waals surface area contributed by atoms with Gasteiger partial charge in [0.2, 0.25) is 5.91 Å². The number of hydrogen-bond donors (Lipinski definition) is 3. The van der Waals surface area contributed by atoms with Gasteiger partial charge in [0.15, 0.2) is 5.84 Å². The summed E-state index contributed by atoms with van der Waals surface area (Å²) in [4.78, 5) is 16.7. The van der Waals surface area contributed by atoms with E-state index in [2.05, 4.69) is 15.5 Å². The number of oxime groups is 1. The van der Waals surface area contributed by atoms with E-state index in [-0.39, 0.29) is 11.7 Å². The molecule has 21 heavy (non-hydrogen) atoms. The topological polar surface area (TPSA) is 101 Å². The normalized spacial score (nSPS) is 18.2. The Bertz CT molecular complexity index is 536. The summed E-state index contributed by atoms with van der Waals surface area (Å²) < 4.78 is 0. The predicted octanol–water partition coefficient (Wildman–Crippen LogP) is 1.70. The average Bonchev–Trinajstić information content (AvgIpc) is 2.53. The SMILES string of the molecule is Cc1ccncc1CNC(=O)C1(/C(N)=N/O)CCCCC1. The van der Waals surface area contributed by atoms with Crippen molar-refractivity contribution >= 4 is 11.7 Å². The largest absolute Gasteiger partial charge is 0.409 e. The molecule has 0 aromatic carbocycles. The maximum absolute atomic E-state index is 12.6. The Balaban J connectivity index is 2.11. The number of amidine groups is 1. The fourth-order valence-corrected chi connectivity index (χ4v) is 2.88. The van der Waals surface area contributed by atoms with E-state index in [4.69, 9.17) is 10.9 Å². The molecule has 114 valence electrons. The van der Waals surface area contributed by atoms with E-state index < -0.39 is 5.41 Å². The van der Waals surface area contributed by atoms with E-state index in [9.17, 15) is 4.79 Å². The molecule has 1 heterocycles. The maximum Gasteiger partial charge on any atom is 0.234 e. The summed E-state index contributed by atoms with van der Waals surface area (Å²) in [6, 6.07) is 1.90. The fourth-order valence-electron chi connectivity index (χ4n) is 2.88. The summed E-state index contributed by atoms with van der Waals surface area (Å²) in [5.41, 5.74) is 6.98. The van der Waals surface area contributed by atoms with Crippen molar-refractivity contribution in [3.05, 3.63) is 29.6 Å². The lowest BCUT2D eigenvalue weighted by Gasteiger charge is -2.34.